The molecule has 0 radical (unpaired) electrons. The van der Waals surface area contributed by atoms with E-state index in [2.05, 4.69) is 15.9 Å². The van der Waals surface area contributed by atoms with E-state index in [1.165, 1.54) is 41.0 Å². The monoisotopic (exact) mass is 406 g/mol. The van der Waals surface area contributed by atoms with E-state index >= 15 is 0 Å². The molecule has 1 aliphatic rings. The van der Waals surface area contributed by atoms with Crippen LogP contribution in [0.4, 0.5) is 0 Å². The summed E-state index contributed by atoms with van der Waals surface area (Å²) in [7, 11) is 0. The lowest BCUT2D eigenvalue weighted by atomic mass is 10.1. The maximum Gasteiger partial charge on any atom is 0.349 e. The Labute approximate surface area is 154 Å². The molecule has 0 amide bonds. The second-order valence-electron chi connectivity index (χ2n) is 6.04. The number of benzene rings is 1. The average molecular weight is 407 g/mol. The van der Waals surface area contributed by atoms with Crippen molar-refractivity contribution in [3.63, 3.8) is 0 Å². The van der Waals surface area contributed by atoms with Crippen LogP contribution in [0.15, 0.2) is 34.8 Å². The summed E-state index contributed by atoms with van der Waals surface area (Å²) in [6.45, 7) is 1.63. The minimum Gasteiger partial charge on any atom is -0.450 e. The van der Waals surface area contributed by atoms with Crippen molar-refractivity contribution in [2.75, 3.05) is 0 Å². The van der Waals surface area contributed by atoms with Gasteiger partial charge in [-0.2, -0.15) is 0 Å². The Bertz CT molecular complexity index is 725. The van der Waals surface area contributed by atoms with Crippen LogP contribution in [-0.2, 0) is 17.6 Å². The Balaban J connectivity index is 1.67. The van der Waals surface area contributed by atoms with Gasteiger partial charge in [0.05, 0.1) is 0 Å². The average Bonchev–Trinajstić information content (AvgIpc) is 2.86. The van der Waals surface area contributed by atoms with Gasteiger partial charge in [-0.25, -0.2) is 4.79 Å². The van der Waals surface area contributed by atoms with Crippen molar-refractivity contribution in [2.45, 2.75) is 45.1 Å². The lowest BCUT2D eigenvalue weighted by molar-refractivity contribution is 0.0323. The first-order chi connectivity index (χ1) is 11.5. The predicted molar refractivity (Wildman–Crippen MR) is 98.9 cm³/mol. The van der Waals surface area contributed by atoms with Gasteiger partial charge in [0.1, 0.15) is 4.88 Å². The largest absolute Gasteiger partial charge is 0.450 e. The summed E-state index contributed by atoms with van der Waals surface area (Å²) in [5.74, 6) is -0.583. The molecule has 1 aromatic carbocycles. The van der Waals surface area contributed by atoms with Crippen molar-refractivity contribution in [3.05, 3.63) is 55.7 Å². The van der Waals surface area contributed by atoms with Gasteiger partial charge in [0.25, 0.3) is 0 Å². The molecule has 0 N–H and O–H groups in total. The number of Topliss-reactive ketones (excluding diaryl/α,β-unsaturated/α-hetero) is 1. The van der Waals surface area contributed by atoms with Crippen LogP contribution in [0.2, 0.25) is 0 Å². The zero-order chi connectivity index (χ0) is 17.1. The highest BCUT2D eigenvalue weighted by Gasteiger charge is 2.23. The molecule has 1 aromatic heterocycles. The minimum absolute atomic E-state index is 0.186. The number of halogens is 1. The first kappa shape index (κ1) is 17.4. The van der Waals surface area contributed by atoms with E-state index in [-0.39, 0.29) is 5.78 Å². The van der Waals surface area contributed by atoms with E-state index in [1.54, 1.807) is 31.2 Å². The summed E-state index contributed by atoms with van der Waals surface area (Å²) in [5.41, 5.74) is 1.82. The van der Waals surface area contributed by atoms with Gasteiger partial charge in [0.15, 0.2) is 6.10 Å². The standard InChI is InChI=1S/C19H19BrO3S/c1-12(18(21)13-7-9-15(20)10-8-13)23-19(22)17-11-14-5-3-2-4-6-16(14)24-17/h7-12H,2-6H2,1H3/t12-/m0/s1. The van der Waals surface area contributed by atoms with Crippen molar-refractivity contribution in [1.82, 2.24) is 0 Å². The molecule has 0 fully saturated rings. The van der Waals surface area contributed by atoms with Crippen LogP contribution in [0.3, 0.4) is 0 Å². The zero-order valence-electron chi connectivity index (χ0n) is 13.5. The third kappa shape index (κ3) is 3.95. The van der Waals surface area contributed by atoms with Gasteiger partial charge in [0.2, 0.25) is 5.78 Å². The van der Waals surface area contributed by atoms with Crippen molar-refractivity contribution in [1.29, 1.82) is 0 Å². The van der Waals surface area contributed by atoms with Gasteiger partial charge in [-0.15, -0.1) is 11.3 Å². The molecule has 0 saturated heterocycles. The number of ether oxygens (including phenoxy) is 1. The van der Waals surface area contributed by atoms with Crippen molar-refractivity contribution >= 4 is 39.0 Å². The Morgan fingerprint density at radius 3 is 2.58 bits per heavy atom. The lowest BCUT2D eigenvalue weighted by Crippen LogP contribution is -2.24. The molecule has 0 saturated carbocycles. The number of ketones is 1. The molecule has 0 bridgehead atoms. The second kappa shape index (κ2) is 7.62. The van der Waals surface area contributed by atoms with Crippen LogP contribution in [0.5, 0.6) is 0 Å². The van der Waals surface area contributed by atoms with Gasteiger partial charge < -0.3 is 4.74 Å². The van der Waals surface area contributed by atoms with Gasteiger partial charge in [-0.1, -0.05) is 34.5 Å². The number of aryl methyl sites for hydroxylation is 2. The van der Waals surface area contributed by atoms with Gasteiger partial charge >= 0.3 is 5.97 Å². The number of carbonyl (C=O) groups is 2. The highest BCUT2D eigenvalue weighted by Crippen LogP contribution is 2.29. The van der Waals surface area contributed by atoms with Crippen LogP contribution < -0.4 is 0 Å². The summed E-state index contributed by atoms with van der Waals surface area (Å²) in [6.07, 6.45) is 4.89. The van der Waals surface area contributed by atoms with E-state index in [0.29, 0.717) is 10.4 Å². The first-order valence-corrected chi connectivity index (χ1v) is 9.78. The molecule has 5 heteroatoms. The molecule has 2 aromatic rings. The normalized spacial score (nSPS) is 15.2. The fourth-order valence-electron chi connectivity index (χ4n) is 2.89. The quantitative estimate of drug-likeness (QED) is 0.397. The molecule has 24 heavy (non-hydrogen) atoms. The molecule has 1 atom stereocenters. The molecular weight excluding hydrogens is 388 g/mol. The number of esters is 1. The molecule has 1 aliphatic carbocycles. The maximum atomic E-state index is 12.4. The smallest absolute Gasteiger partial charge is 0.349 e. The van der Waals surface area contributed by atoms with Gasteiger partial charge in [-0.3, -0.25) is 4.79 Å². The number of thiophene rings is 1. The molecule has 3 rings (SSSR count). The molecule has 0 unspecified atom stereocenters. The SMILES string of the molecule is C[C@H](OC(=O)c1cc2c(s1)CCCCC2)C(=O)c1ccc(Br)cc1. The number of fused-ring (bicyclic) bond motifs is 1. The third-order valence-electron chi connectivity index (χ3n) is 4.23. The Morgan fingerprint density at radius 1 is 1.12 bits per heavy atom. The summed E-state index contributed by atoms with van der Waals surface area (Å²) in [5, 5.41) is 0. The van der Waals surface area contributed by atoms with Crippen LogP contribution >= 0.6 is 27.3 Å². The zero-order valence-corrected chi connectivity index (χ0v) is 15.9. The van der Waals surface area contributed by atoms with Crippen LogP contribution in [0.1, 0.15) is 56.7 Å². The highest BCUT2D eigenvalue weighted by molar-refractivity contribution is 9.10. The highest BCUT2D eigenvalue weighted by atomic mass is 79.9. The molecule has 0 aliphatic heterocycles. The molecular formula is C19H19BrO3S. The van der Waals surface area contributed by atoms with E-state index in [9.17, 15) is 9.59 Å². The van der Waals surface area contributed by atoms with Gasteiger partial charge in [0, 0.05) is 14.9 Å². The minimum atomic E-state index is -0.791. The molecule has 126 valence electrons. The molecule has 3 nitrogen and oxygen atoms in total. The fraction of sp³-hybridized carbons (Fsp3) is 0.368. The second-order valence-corrected chi connectivity index (χ2v) is 8.09. The van der Waals surface area contributed by atoms with Crippen LogP contribution in [0.25, 0.3) is 0 Å². The Morgan fingerprint density at radius 2 is 1.83 bits per heavy atom. The summed E-state index contributed by atoms with van der Waals surface area (Å²) in [6, 6.07) is 9.01. The van der Waals surface area contributed by atoms with Crippen LogP contribution in [0, 0.1) is 0 Å². The Hall–Kier alpha value is -1.46. The molecule has 0 spiro atoms. The van der Waals surface area contributed by atoms with E-state index in [4.69, 9.17) is 4.74 Å². The summed E-state index contributed by atoms with van der Waals surface area (Å²) >= 11 is 4.86. The number of carbonyl (C=O) groups excluding carboxylic acids is 2. The summed E-state index contributed by atoms with van der Waals surface area (Å²) < 4.78 is 6.31. The van der Waals surface area contributed by atoms with Crippen molar-refractivity contribution < 1.29 is 14.3 Å². The van der Waals surface area contributed by atoms with Gasteiger partial charge in [-0.05, 0) is 56.4 Å². The number of hydrogen-bond acceptors (Lipinski definition) is 4. The van der Waals surface area contributed by atoms with E-state index < -0.39 is 12.1 Å². The van der Waals surface area contributed by atoms with E-state index in [0.717, 1.165) is 17.3 Å². The molecule has 1 heterocycles. The van der Waals surface area contributed by atoms with Crippen molar-refractivity contribution in [2.24, 2.45) is 0 Å². The maximum absolute atomic E-state index is 12.4. The first-order valence-electron chi connectivity index (χ1n) is 8.17. The predicted octanol–water partition coefficient (Wildman–Crippen LogP) is 5.21. The fourth-order valence-corrected chi connectivity index (χ4v) is 4.29. The Kier molecular flexibility index (Phi) is 5.51. The third-order valence-corrected chi connectivity index (χ3v) is 5.98. The topological polar surface area (TPSA) is 43.4 Å². The summed E-state index contributed by atoms with van der Waals surface area (Å²) in [4.78, 5) is 26.7. The lowest BCUT2D eigenvalue weighted by Gasteiger charge is -2.11. The van der Waals surface area contributed by atoms with Crippen molar-refractivity contribution in [3.8, 4) is 0 Å². The number of rotatable bonds is 4. The van der Waals surface area contributed by atoms with Crippen LogP contribution in [-0.4, -0.2) is 17.9 Å². The van der Waals surface area contributed by atoms with E-state index in [1.807, 2.05) is 6.07 Å². The number of hydrogen-bond donors (Lipinski definition) is 0.